The summed E-state index contributed by atoms with van der Waals surface area (Å²) in [6, 6.07) is 7.82. The average molecular weight is 353 g/mol. The van der Waals surface area contributed by atoms with Crippen LogP contribution in [0.25, 0.3) is 22.4 Å². The molecule has 3 aromatic rings. The molecule has 3 rings (SSSR count). The third kappa shape index (κ3) is 4.45. The number of pyridine rings is 2. The summed E-state index contributed by atoms with van der Waals surface area (Å²) in [4.78, 5) is 17.5. The molecular weight excluding hydrogens is 334 g/mol. The molecule has 7 heteroatoms. The molecule has 0 amide bonds. The number of anilines is 1. The molecule has 1 atom stereocenters. The minimum absolute atomic E-state index is 0.513. The Morgan fingerprint density at radius 1 is 1.04 bits per heavy atom. The van der Waals surface area contributed by atoms with Crippen molar-refractivity contribution in [3.8, 4) is 22.4 Å². The van der Waals surface area contributed by atoms with Gasteiger partial charge < -0.3 is 5.32 Å². The first kappa shape index (κ1) is 17.2. The minimum Gasteiger partial charge on any atom is -0.353 e. The molecule has 0 aliphatic rings. The second kappa shape index (κ2) is 7.94. The average Bonchev–Trinajstić information content (AvgIpc) is 2.63. The van der Waals surface area contributed by atoms with Crippen LogP contribution in [0.1, 0.15) is 5.69 Å². The Bertz CT molecular complexity index is 868. The van der Waals surface area contributed by atoms with Crippen LogP contribution in [0.2, 0.25) is 0 Å². The topological polar surface area (TPSA) is 80.7 Å². The first-order chi connectivity index (χ1) is 12.1. The van der Waals surface area contributed by atoms with Gasteiger partial charge in [-0.2, -0.15) is 0 Å². The molecule has 0 fully saturated rings. The van der Waals surface area contributed by atoms with E-state index < -0.39 is 10.8 Å². The largest absolute Gasteiger partial charge is 0.353 e. The van der Waals surface area contributed by atoms with Gasteiger partial charge in [-0.25, -0.2) is 9.97 Å². The number of aromatic nitrogens is 4. The summed E-state index contributed by atoms with van der Waals surface area (Å²) in [5.41, 5.74) is 4.58. The predicted molar refractivity (Wildman–Crippen MR) is 101 cm³/mol. The first-order valence-electron chi connectivity index (χ1n) is 7.88. The van der Waals surface area contributed by atoms with E-state index in [0.717, 1.165) is 28.1 Å². The summed E-state index contributed by atoms with van der Waals surface area (Å²) in [7, 11) is -0.852. The van der Waals surface area contributed by atoms with Gasteiger partial charge in [-0.3, -0.25) is 14.2 Å². The van der Waals surface area contributed by atoms with Crippen molar-refractivity contribution in [1.82, 2.24) is 19.9 Å². The molecule has 3 aromatic heterocycles. The summed E-state index contributed by atoms with van der Waals surface area (Å²) >= 11 is 0. The van der Waals surface area contributed by atoms with E-state index in [1.165, 1.54) is 0 Å². The fourth-order valence-electron chi connectivity index (χ4n) is 2.34. The van der Waals surface area contributed by atoms with Crippen LogP contribution in [-0.2, 0) is 10.8 Å². The molecule has 0 saturated carbocycles. The van der Waals surface area contributed by atoms with E-state index in [1.807, 2.05) is 37.4 Å². The third-order valence-corrected chi connectivity index (χ3v) is 4.42. The maximum absolute atomic E-state index is 11.2. The summed E-state index contributed by atoms with van der Waals surface area (Å²) < 4.78 is 11.2. The lowest BCUT2D eigenvalue weighted by Gasteiger charge is -2.11. The zero-order chi connectivity index (χ0) is 17.6. The maximum atomic E-state index is 11.2. The van der Waals surface area contributed by atoms with E-state index in [9.17, 15) is 4.21 Å². The lowest BCUT2D eigenvalue weighted by molar-refractivity contribution is 0.687. The van der Waals surface area contributed by atoms with Crippen molar-refractivity contribution < 1.29 is 4.21 Å². The molecule has 0 bridgehead atoms. The van der Waals surface area contributed by atoms with Crippen LogP contribution in [0.3, 0.4) is 0 Å². The van der Waals surface area contributed by atoms with E-state index in [2.05, 4.69) is 25.3 Å². The molecule has 0 spiro atoms. The molecular formula is C18H19N5OS. The summed E-state index contributed by atoms with van der Waals surface area (Å²) in [5, 5.41) is 3.13. The molecule has 6 nitrogen and oxygen atoms in total. The highest BCUT2D eigenvalue weighted by atomic mass is 32.2. The van der Waals surface area contributed by atoms with Gasteiger partial charge in [-0.1, -0.05) is 0 Å². The highest BCUT2D eigenvalue weighted by molar-refractivity contribution is 7.84. The molecule has 1 N–H and O–H groups in total. The number of hydrogen-bond acceptors (Lipinski definition) is 6. The van der Waals surface area contributed by atoms with E-state index in [0.29, 0.717) is 18.2 Å². The van der Waals surface area contributed by atoms with E-state index >= 15 is 0 Å². The van der Waals surface area contributed by atoms with Crippen LogP contribution < -0.4 is 5.32 Å². The fourth-order valence-corrected chi connectivity index (χ4v) is 2.73. The lowest BCUT2D eigenvalue weighted by Crippen LogP contribution is -2.12. The van der Waals surface area contributed by atoms with Crippen molar-refractivity contribution in [2.45, 2.75) is 6.92 Å². The van der Waals surface area contributed by atoms with Gasteiger partial charge in [0.2, 0.25) is 5.95 Å². The van der Waals surface area contributed by atoms with Gasteiger partial charge in [-0.15, -0.1) is 0 Å². The van der Waals surface area contributed by atoms with Crippen molar-refractivity contribution >= 4 is 16.7 Å². The second-order valence-electron chi connectivity index (χ2n) is 5.58. The van der Waals surface area contributed by atoms with Gasteiger partial charge in [0.15, 0.2) is 0 Å². The Hall–Kier alpha value is -2.67. The molecule has 0 aromatic carbocycles. The van der Waals surface area contributed by atoms with Crippen LogP contribution >= 0.6 is 0 Å². The Kier molecular flexibility index (Phi) is 5.45. The van der Waals surface area contributed by atoms with E-state index in [1.54, 1.807) is 24.8 Å². The van der Waals surface area contributed by atoms with Gasteiger partial charge in [0.1, 0.15) is 0 Å². The number of rotatable bonds is 6. The molecule has 0 aliphatic heterocycles. The zero-order valence-electron chi connectivity index (χ0n) is 14.1. The SMILES string of the molecule is Cc1ccc(-c2nc(NCCS(C)=O)ncc2-c2ccncc2)cn1. The molecule has 25 heavy (non-hydrogen) atoms. The van der Waals surface area contributed by atoms with Crippen molar-refractivity contribution in [1.29, 1.82) is 0 Å². The van der Waals surface area contributed by atoms with E-state index in [4.69, 9.17) is 0 Å². The lowest BCUT2D eigenvalue weighted by atomic mass is 10.0. The molecule has 1 unspecified atom stereocenters. The summed E-state index contributed by atoms with van der Waals surface area (Å²) in [5.74, 6) is 1.07. The minimum atomic E-state index is -0.852. The van der Waals surface area contributed by atoms with Crippen LogP contribution in [0.4, 0.5) is 5.95 Å². The molecule has 128 valence electrons. The van der Waals surface area contributed by atoms with Crippen LogP contribution in [0.15, 0.2) is 49.1 Å². The third-order valence-electron chi connectivity index (χ3n) is 3.64. The monoisotopic (exact) mass is 353 g/mol. The quantitative estimate of drug-likeness (QED) is 0.734. The molecule has 0 saturated heterocycles. The first-order valence-corrected chi connectivity index (χ1v) is 9.60. The van der Waals surface area contributed by atoms with Crippen molar-refractivity contribution in [3.05, 3.63) is 54.7 Å². The molecule has 0 aliphatic carbocycles. The highest BCUT2D eigenvalue weighted by Gasteiger charge is 2.12. The molecule has 3 heterocycles. The summed E-state index contributed by atoms with van der Waals surface area (Å²) in [6.07, 6.45) is 8.78. The molecule has 0 radical (unpaired) electrons. The summed E-state index contributed by atoms with van der Waals surface area (Å²) in [6.45, 7) is 2.51. The van der Waals surface area contributed by atoms with Crippen LogP contribution in [0.5, 0.6) is 0 Å². The van der Waals surface area contributed by atoms with Gasteiger partial charge in [0, 0.05) is 71.0 Å². The predicted octanol–water partition coefficient (Wildman–Crippen LogP) is 2.70. The van der Waals surface area contributed by atoms with E-state index in [-0.39, 0.29) is 0 Å². The van der Waals surface area contributed by atoms with Gasteiger partial charge >= 0.3 is 0 Å². The number of nitrogens with zero attached hydrogens (tertiary/aromatic N) is 4. The highest BCUT2D eigenvalue weighted by Crippen LogP contribution is 2.30. The Balaban J connectivity index is 2.00. The van der Waals surface area contributed by atoms with Gasteiger partial charge in [-0.05, 0) is 36.8 Å². The number of nitrogens with one attached hydrogen (secondary N) is 1. The normalized spacial score (nSPS) is 11.9. The van der Waals surface area contributed by atoms with Crippen molar-refractivity contribution in [3.63, 3.8) is 0 Å². The smallest absolute Gasteiger partial charge is 0.223 e. The van der Waals surface area contributed by atoms with Crippen molar-refractivity contribution in [2.24, 2.45) is 0 Å². The Morgan fingerprint density at radius 2 is 1.84 bits per heavy atom. The fraction of sp³-hybridized carbons (Fsp3) is 0.222. The van der Waals surface area contributed by atoms with Crippen molar-refractivity contribution in [2.75, 3.05) is 23.9 Å². The Labute approximate surface area is 149 Å². The van der Waals surface area contributed by atoms with Crippen LogP contribution in [-0.4, -0.2) is 42.7 Å². The van der Waals surface area contributed by atoms with Crippen LogP contribution in [0, 0.1) is 6.92 Å². The number of aryl methyl sites for hydroxylation is 1. The number of hydrogen-bond donors (Lipinski definition) is 1. The Morgan fingerprint density at radius 3 is 2.52 bits per heavy atom. The second-order valence-corrected chi connectivity index (χ2v) is 7.14. The zero-order valence-corrected chi connectivity index (χ0v) is 15.0. The van der Waals surface area contributed by atoms with Gasteiger partial charge in [0.25, 0.3) is 0 Å². The van der Waals surface area contributed by atoms with Gasteiger partial charge in [0.05, 0.1) is 5.69 Å². The standard InChI is InChI=1S/C18H19N5OS/c1-13-3-4-15(11-21-13)17-16(14-5-7-19-8-6-14)12-22-18(23-17)20-9-10-25(2)24/h3-8,11-12H,9-10H2,1-2H3,(H,20,22,23). The maximum Gasteiger partial charge on any atom is 0.223 e.